The summed E-state index contributed by atoms with van der Waals surface area (Å²) in [7, 11) is 0. The molecule has 0 radical (unpaired) electrons. The van der Waals surface area contributed by atoms with Crippen molar-refractivity contribution in [3.05, 3.63) is 32.3 Å². The van der Waals surface area contributed by atoms with Gasteiger partial charge in [0.25, 0.3) is 0 Å². The minimum absolute atomic E-state index is 0.0305. The molecule has 70 valence electrons. The second kappa shape index (κ2) is 3.68. The van der Waals surface area contributed by atoms with Crippen molar-refractivity contribution in [1.29, 1.82) is 0 Å². The number of nitrogens with zero attached hydrogens (tertiary/aromatic N) is 3. The van der Waals surface area contributed by atoms with Crippen LogP contribution in [0.25, 0.3) is 10.4 Å². The minimum atomic E-state index is -4.31. The fraction of sp³-hybridized carbons (Fsp3) is 0.333. The first-order valence-electron chi connectivity index (χ1n) is 3.21. The SMILES string of the molecule is [N-]=[N+]=NCc1ccc(C(F)(F)F)s1. The number of hydrogen-bond acceptors (Lipinski definition) is 2. The highest BCUT2D eigenvalue weighted by Crippen LogP contribution is 2.34. The Bertz CT molecular complexity index is 337. The molecule has 0 spiro atoms. The molecule has 0 bridgehead atoms. The molecule has 0 saturated carbocycles. The van der Waals surface area contributed by atoms with Gasteiger partial charge >= 0.3 is 6.18 Å². The van der Waals surface area contributed by atoms with E-state index in [4.69, 9.17) is 5.53 Å². The lowest BCUT2D eigenvalue weighted by Gasteiger charge is -2.00. The van der Waals surface area contributed by atoms with Gasteiger partial charge in [-0.1, -0.05) is 5.11 Å². The average molecular weight is 207 g/mol. The molecule has 0 saturated heterocycles. The van der Waals surface area contributed by atoms with Crippen LogP contribution < -0.4 is 0 Å². The fourth-order valence-electron chi connectivity index (χ4n) is 0.717. The van der Waals surface area contributed by atoms with E-state index in [2.05, 4.69) is 10.0 Å². The maximum Gasteiger partial charge on any atom is 0.425 e. The Morgan fingerprint density at radius 1 is 1.46 bits per heavy atom. The van der Waals surface area contributed by atoms with Gasteiger partial charge in [0.1, 0.15) is 4.88 Å². The summed E-state index contributed by atoms with van der Waals surface area (Å²) < 4.78 is 36.1. The predicted molar refractivity (Wildman–Crippen MR) is 42.2 cm³/mol. The Balaban J connectivity index is 2.80. The molecule has 0 aromatic carbocycles. The molecule has 0 unspecified atom stereocenters. The highest BCUT2D eigenvalue weighted by Gasteiger charge is 2.32. The summed E-state index contributed by atoms with van der Waals surface area (Å²) in [5, 5.41) is 3.16. The number of azide groups is 1. The van der Waals surface area contributed by atoms with Crippen LogP contribution in [0.15, 0.2) is 17.2 Å². The summed E-state index contributed by atoms with van der Waals surface area (Å²) in [5.41, 5.74) is 7.93. The third kappa shape index (κ3) is 2.64. The third-order valence-electron chi connectivity index (χ3n) is 1.23. The lowest BCUT2D eigenvalue weighted by molar-refractivity contribution is -0.134. The van der Waals surface area contributed by atoms with Crippen molar-refractivity contribution in [2.45, 2.75) is 12.7 Å². The van der Waals surface area contributed by atoms with Crippen LogP contribution >= 0.6 is 11.3 Å². The zero-order valence-electron chi connectivity index (χ0n) is 6.25. The summed E-state index contributed by atoms with van der Waals surface area (Å²) in [6, 6.07) is 2.29. The van der Waals surface area contributed by atoms with Crippen LogP contribution in [0, 0.1) is 0 Å². The molecule has 1 rings (SSSR count). The van der Waals surface area contributed by atoms with E-state index in [0.717, 1.165) is 6.07 Å². The van der Waals surface area contributed by atoms with Gasteiger partial charge in [-0.25, -0.2) is 0 Å². The van der Waals surface area contributed by atoms with E-state index < -0.39 is 11.1 Å². The van der Waals surface area contributed by atoms with Gasteiger partial charge in [0.15, 0.2) is 0 Å². The molecule has 3 nitrogen and oxygen atoms in total. The summed E-state index contributed by atoms with van der Waals surface area (Å²) in [4.78, 5) is 2.19. The van der Waals surface area contributed by atoms with Crippen molar-refractivity contribution in [2.75, 3.05) is 0 Å². The number of rotatable bonds is 2. The molecule has 1 aromatic heterocycles. The molecule has 0 amide bonds. The van der Waals surface area contributed by atoms with Crippen molar-refractivity contribution < 1.29 is 13.2 Å². The van der Waals surface area contributed by atoms with Crippen LogP contribution in [0.3, 0.4) is 0 Å². The minimum Gasteiger partial charge on any atom is -0.165 e. The molecule has 0 N–H and O–H groups in total. The van der Waals surface area contributed by atoms with Gasteiger partial charge in [0.05, 0.1) is 6.54 Å². The van der Waals surface area contributed by atoms with Crippen molar-refractivity contribution in [3.63, 3.8) is 0 Å². The molecule has 13 heavy (non-hydrogen) atoms. The number of alkyl halides is 3. The maximum atomic E-state index is 12.0. The Labute approximate surface area is 75.4 Å². The number of halogens is 3. The smallest absolute Gasteiger partial charge is 0.165 e. The maximum absolute atomic E-state index is 12.0. The van der Waals surface area contributed by atoms with Gasteiger partial charge in [-0.2, -0.15) is 13.2 Å². The van der Waals surface area contributed by atoms with E-state index in [1.165, 1.54) is 6.07 Å². The topological polar surface area (TPSA) is 48.8 Å². The fourth-order valence-corrected chi connectivity index (χ4v) is 1.51. The second-order valence-corrected chi connectivity index (χ2v) is 3.32. The van der Waals surface area contributed by atoms with Crippen molar-refractivity contribution in [2.24, 2.45) is 5.11 Å². The van der Waals surface area contributed by atoms with Crippen LogP contribution in [0.2, 0.25) is 0 Å². The quantitative estimate of drug-likeness (QED) is 0.404. The predicted octanol–water partition coefficient (Wildman–Crippen LogP) is 3.58. The Hall–Kier alpha value is -1.20. The molecule has 1 heterocycles. The lowest BCUT2D eigenvalue weighted by Crippen LogP contribution is -2.00. The van der Waals surface area contributed by atoms with Gasteiger partial charge in [0.2, 0.25) is 0 Å². The van der Waals surface area contributed by atoms with Crippen LogP contribution in [0.5, 0.6) is 0 Å². The molecule has 0 fully saturated rings. The highest BCUT2D eigenvalue weighted by atomic mass is 32.1. The van der Waals surface area contributed by atoms with E-state index in [9.17, 15) is 13.2 Å². The van der Waals surface area contributed by atoms with E-state index in [1.54, 1.807) is 0 Å². The molecule has 0 aliphatic heterocycles. The van der Waals surface area contributed by atoms with Gasteiger partial charge in [-0.3, -0.25) is 0 Å². The standard InChI is InChI=1S/C6H4F3N3S/c7-6(8,9)5-2-1-4(13-5)3-11-12-10/h1-2H,3H2. The van der Waals surface area contributed by atoms with E-state index in [0.29, 0.717) is 16.2 Å². The second-order valence-electron chi connectivity index (χ2n) is 2.15. The zero-order chi connectivity index (χ0) is 9.90. The van der Waals surface area contributed by atoms with E-state index in [1.807, 2.05) is 0 Å². The molecular formula is C6H4F3N3S. The van der Waals surface area contributed by atoms with E-state index in [-0.39, 0.29) is 6.54 Å². The Morgan fingerprint density at radius 2 is 2.15 bits per heavy atom. The Kier molecular flexibility index (Phi) is 2.79. The van der Waals surface area contributed by atoms with Crippen LogP contribution in [-0.2, 0) is 12.7 Å². The monoisotopic (exact) mass is 207 g/mol. The average Bonchev–Trinajstić information content (AvgIpc) is 2.47. The number of thiophene rings is 1. The molecule has 1 aromatic rings. The van der Waals surface area contributed by atoms with Gasteiger partial charge < -0.3 is 0 Å². The van der Waals surface area contributed by atoms with Crippen molar-refractivity contribution in [1.82, 2.24) is 0 Å². The molecular weight excluding hydrogens is 203 g/mol. The molecule has 0 aliphatic rings. The van der Waals surface area contributed by atoms with Crippen molar-refractivity contribution >= 4 is 11.3 Å². The van der Waals surface area contributed by atoms with Crippen molar-refractivity contribution in [3.8, 4) is 0 Å². The van der Waals surface area contributed by atoms with Gasteiger partial charge in [-0.05, 0) is 17.7 Å². The van der Waals surface area contributed by atoms with Gasteiger partial charge in [-0.15, -0.1) is 11.3 Å². The van der Waals surface area contributed by atoms with Gasteiger partial charge in [0, 0.05) is 9.79 Å². The molecule has 0 aliphatic carbocycles. The summed E-state index contributed by atoms with van der Waals surface area (Å²) in [5.74, 6) is 0. The zero-order valence-corrected chi connectivity index (χ0v) is 7.06. The molecule has 7 heteroatoms. The normalized spacial score (nSPS) is 11.0. The van der Waals surface area contributed by atoms with Crippen LogP contribution in [0.1, 0.15) is 9.75 Å². The highest BCUT2D eigenvalue weighted by molar-refractivity contribution is 7.12. The van der Waals surface area contributed by atoms with E-state index >= 15 is 0 Å². The number of hydrogen-bond donors (Lipinski definition) is 0. The third-order valence-corrected chi connectivity index (χ3v) is 2.35. The first-order valence-corrected chi connectivity index (χ1v) is 4.02. The van der Waals surface area contributed by atoms with Crippen LogP contribution in [-0.4, -0.2) is 0 Å². The van der Waals surface area contributed by atoms with Crippen LogP contribution in [0.4, 0.5) is 13.2 Å². The Morgan fingerprint density at radius 3 is 2.62 bits per heavy atom. The first-order chi connectivity index (χ1) is 6.04. The summed E-state index contributed by atoms with van der Waals surface area (Å²) in [6.07, 6.45) is -4.31. The largest absolute Gasteiger partial charge is 0.425 e. The summed E-state index contributed by atoms with van der Waals surface area (Å²) in [6.45, 7) is -0.0305. The summed E-state index contributed by atoms with van der Waals surface area (Å²) >= 11 is 0.590. The lowest BCUT2D eigenvalue weighted by atomic mass is 10.4. The molecule has 0 atom stereocenters. The first kappa shape index (κ1) is 9.88.